The van der Waals surface area contributed by atoms with Gasteiger partial charge in [-0.1, -0.05) is 54.1 Å². The molecule has 0 saturated carbocycles. The highest BCUT2D eigenvalue weighted by atomic mass is 35.5. The van der Waals surface area contributed by atoms with Gasteiger partial charge in [0.05, 0.1) is 5.69 Å². The molecule has 5 heteroatoms. The first kappa shape index (κ1) is 15.5. The molecule has 0 radical (unpaired) electrons. The molecule has 0 aliphatic carbocycles. The van der Waals surface area contributed by atoms with Crippen LogP contribution in [0.15, 0.2) is 83.2 Å². The molecular weight excluding hydrogens is 332 g/mol. The van der Waals surface area contributed by atoms with Crippen molar-refractivity contribution in [3.63, 3.8) is 0 Å². The largest absolute Gasteiger partial charge is 0.283 e. The topological polar surface area (TPSA) is 42.0 Å². The van der Waals surface area contributed by atoms with Crippen LogP contribution < -0.4 is 0 Å². The van der Waals surface area contributed by atoms with Crippen molar-refractivity contribution < 1.29 is 0 Å². The molecule has 2 aromatic carbocycles. The maximum Gasteiger partial charge on any atom is 0.187 e. The molecule has 25 heavy (non-hydrogen) atoms. The van der Waals surface area contributed by atoms with E-state index in [9.17, 15) is 0 Å². The quantitative estimate of drug-likeness (QED) is 0.397. The van der Waals surface area contributed by atoms with Crippen LogP contribution >= 0.6 is 11.6 Å². The summed E-state index contributed by atoms with van der Waals surface area (Å²) in [5.41, 5.74) is 4.40. The van der Waals surface area contributed by atoms with E-state index in [4.69, 9.17) is 16.6 Å². The number of hydrogen-bond donors (Lipinski definition) is 0. The number of aromatic nitrogens is 2. The lowest BCUT2D eigenvalue weighted by Gasteiger charge is -2.01. The van der Waals surface area contributed by atoms with Gasteiger partial charge in [-0.25, -0.2) is 4.98 Å². The van der Waals surface area contributed by atoms with Gasteiger partial charge in [0.1, 0.15) is 11.3 Å². The van der Waals surface area contributed by atoms with Gasteiger partial charge in [-0.2, -0.15) is 0 Å². The molecule has 0 aliphatic heterocycles. The number of halogens is 1. The van der Waals surface area contributed by atoms with Crippen LogP contribution in [0.25, 0.3) is 16.9 Å². The van der Waals surface area contributed by atoms with Crippen LogP contribution in [0.2, 0.25) is 5.02 Å². The highest BCUT2D eigenvalue weighted by Gasteiger charge is 2.13. The maximum atomic E-state index is 6.08. The lowest BCUT2D eigenvalue weighted by molar-refractivity contribution is 1.10. The van der Waals surface area contributed by atoms with Crippen molar-refractivity contribution in [3.05, 3.63) is 83.5 Å². The summed E-state index contributed by atoms with van der Waals surface area (Å²) in [5, 5.41) is 9.57. The summed E-state index contributed by atoms with van der Waals surface area (Å²) >= 11 is 6.08. The third-order valence-electron chi connectivity index (χ3n) is 3.98. The summed E-state index contributed by atoms with van der Waals surface area (Å²) in [6.45, 7) is 1.98. The van der Waals surface area contributed by atoms with Gasteiger partial charge in [-0.3, -0.25) is 4.40 Å². The Hall–Kier alpha value is -2.98. The number of nitrogens with zero attached hydrogens (tertiary/aromatic N) is 4. The summed E-state index contributed by atoms with van der Waals surface area (Å²) in [4.78, 5) is 4.72. The molecule has 0 N–H and O–H groups in total. The van der Waals surface area contributed by atoms with Gasteiger partial charge in [0.15, 0.2) is 5.82 Å². The Kier molecular flexibility index (Phi) is 4.04. The first-order valence-electron chi connectivity index (χ1n) is 7.93. The molecule has 2 heterocycles. The number of rotatable bonds is 3. The number of benzene rings is 2. The molecule has 4 nitrogen and oxygen atoms in total. The standard InChI is InChI=1S/C20H15ClN4/c1-14-10-11-16(21)13-17(14)23-24-20-19(15-7-3-2-4-8-15)22-18-9-5-6-12-25(18)20/h2-13H,1H3. The van der Waals surface area contributed by atoms with Crippen LogP contribution in [0.4, 0.5) is 11.5 Å². The fourth-order valence-corrected chi connectivity index (χ4v) is 2.83. The zero-order valence-electron chi connectivity index (χ0n) is 13.6. The van der Waals surface area contributed by atoms with Crippen molar-refractivity contribution in [1.29, 1.82) is 0 Å². The SMILES string of the molecule is Cc1ccc(Cl)cc1N=Nc1c(-c2ccccc2)nc2ccccn12. The van der Waals surface area contributed by atoms with E-state index in [2.05, 4.69) is 10.2 Å². The van der Waals surface area contributed by atoms with Crippen molar-refractivity contribution in [2.75, 3.05) is 0 Å². The second-order valence-electron chi connectivity index (χ2n) is 5.71. The zero-order chi connectivity index (χ0) is 17.2. The molecule has 2 aromatic heterocycles. The second kappa shape index (κ2) is 6.49. The minimum Gasteiger partial charge on any atom is -0.283 e. The number of imidazole rings is 1. The summed E-state index contributed by atoms with van der Waals surface area (Å²) in [7, 11) is 0. The van der Waals surface area contributed by atoms with Gasteiger partial charge < -0.3 is 0 Å². The molecule has 0 aliphatic rings. The maximum absolute atomic E-state index is 6.08. The number of aryl methyl sites for hydroxylation is 1. The third kappa shape index (κ3) is 3.04. The Balaban J connectivity index is 1.88. The fraction of sp³-hybridized carbons (Fsp3) is 0.0500. The highest BCUT2D eigenvalue weighted by Crippen LogP contribution is 2.33. The van der Waals surface area contributed by atoms with Crippen molar-refractivity contribution in [1.82, 2.24) is 9.38 Å². The van der Waals surface area contributed by atoms with Crippen molar-refractivity contribution >= 4 is 28.8 Å². The van der Waals surface area contributed by atoms with E-state index in [1.807, 2.05) is 84.3 Å². The Morgan fingerprint density at radius 2 is 1.72 bits per heavy atom. The smallest absolute Gasteiger partial charge is 0.187 e. The van der Waals surface area contributed by atoms with Crippen LogP contribution in [-0.4, -0.2) is 9.38 Å². The van der Waals surface area contributed by atoms with Gasteiger partial charge in [0, 0.05) is 16.8 Å². The Labute approximate surface area is 150 Å². The second-order valence-corrected chi connectivity index (χ2v) is 6.15. The lowest BCUT2D eigenvalue weighted by atomic mass is 10.1. The molecule has 0 spiro atoms. The monoisotopic (exact) mass is 346 g/mol. The van der Waals surface area contributed by atoms with Crippen molar-refractivity contribution in [2.45, 2.75) is 6.92 Å². The minimum absolute atomic E-state index is 0.640. The first-order chi connectivity index (χ1) is 12.2. The van der Waals surface area contributed by atoms with E-state index >= 15 is 0 Å². The molecule has 0 amide bonds. The van der Waals surface area contributed by atoms with Gasteiger partial charge >= 0.3 is 0 Å². The molecule has 0 unspecified atom stereocenters. The van der Waals surface area contributed by atoms with Crippen LogP contribution in [0.5, 0.6) is 0 Å². The molecular formula is C20H15ClN4. The normalized spacial score (nSPS) is 11.4. The van der Waals surface area contributed by atoms with Gasteiger partial charge in [0.25, 0.3) is 0 Å². The summed E-state index contributed by atoms with van der Waals surface area (Å²) in [6.07, 6.45) is 1.94. The number of fused-ring (bicyclic) bond motifs is 1. The molecule has 0 atom stereocenters. The Bertz CT molecular complexity index is 1070. The highest BCUT2D eigenvalue weighted by molar-refractivity contribution is 6.30. The number of pyridine rings is 1. The molecule has 4 aromatic rings. The number of azo groups is 1. The molecule has 4 rings (SSSR count). The van der Waals surface area contributed by atoms with E-state index in [1.165, 1.54) is 0 Å². The predicted octanol–water partition coefficient (Wildman–Crippen LogP) is 6.38. The van der Waals surface area contributed by atoms with E-state index in [0.717, 1.165) is 28.2 Å². The molecule has 0 saturated heterocycles. The van der Waals surface area contributed by atoms with E-state index < -0.39 is 0 Å². The van der Waals surface area contributed by atoms with Gasteiger partial charge in [0.2, 0.25) is 0 Å². The zero-order valence-corrected chi connectivity index (χ0v) is 14.4. The van der Waals surface area contributed by atoms with Crippen LogP contribution in [0.3, 0.4) is 0 Å². The predicted molar refractivity (Wildman–Crippen MR) is 101 cm³/mol. The van der Waals surface area contributed by atoms with Crippen LogP contribution in [0.1, 0.15) is 5.56 Å². The summed E-state index contributed by atoms with van der Waals surface area (Å²) < 4.78 is 1.94. The van der Waals surface area contributed by atoms with E-state index in [0.29, 0.717) is 10.8 Å². The van der Waals surface area contributed by atoms with Crippen molar-refractivity contribution in [3.8, 4) is 11.3 Å². The lowest BCUT2D eigenvalue weighted by Crippen LogP contribution is -1.81. The first-order valence-corrected chi connectivity index (χ1v) is 8.30. The van der Waals surface area contributed by atoms with Gasteiger partial charge in [-0.05, 0) is 36.8 Å². The number of hydrogen-bond acceptors (Lipinski definition) is 3. The molecule has 122 valence electrons. The minimum atomic E-state index is 0.640. The Morgan fingerprint density at radius 1 is 0.920 bits per heavy atom. The van der Waals surface area contributed by atoms with Crippen LogP contribution in [-0.2, 0) is 0 Å². The molecule has 0 bridgehead atoms. The summed E-state index contributed by atoms with van der Waals surface area (Å²) in [6, 6.07) is 21.5. The van der Waals surface area contributed by atoms with Crippen molar-refractivity contribution in [2.24, 2.45) is 10.2 Å². The average molecular weight is 347 g/mol. The third-order valence-corrected chi connectivity index (χ3v) is 4.21. The Morgan fingerprint density at radius 3 is 2.56 bits per heavy atom. The van der Waals surface area contributed by atoms with E-state index in [-0.39, 0.29) is 0 Å². The van der Waals surface area contributed by atoms with E-state index in [1.54, 1.807) is 0 Å². The van der Waals surface area contributed by atoms with Crippen LogP contribution in [0, 0.1) is 6.92 Å². The fourth-order valence-electron chi connectivity index (χ4n) is 2.66. The average Bonchev–Trinajstić information content (AvgIpc) is 3.02. The van der Waals surface area contributed by atoms with Gasteiger partial charge in [-0.15, -0.1) is 10.2 Å². The summed E-state index contributed by atoms with van der Waals surface area (Å²) in [5.74, 6) is 0.696. The molecule has 0 fully saturated rings.